The van der Waals surface area contributed by atoms with Gasteiger partial charge >= 0.3 is 0 Å². The second-order valence-electron chi connectivity index (χ2n) is 6.03. The highest BCUT2D eigenvalue weighted by atomic mass is 16.2. The van der Waals surface area contributed by atoms with E-state index < -0.39 is 0 Å². The van der Waals surface area contributed by atoms with Gasteiger partial charge in [0.1, 0.15) is 0 Å². The maximum Gasteiger partial charge on any atom is 0.254 e. The van der Waals surface area contributed by atoms with Crippen LogP contribution in [0.1, 0.15) is 30.1 Å². The van der Waals surface area contributed by atoms with Crippen molar-refractivity contribution in [2.45, 2.75) is 25.3 Å². The number of rotatable bonds is 3. The van der Waals surface area contributed by atoms with E-state index in [1.807, 2.05) is 4.90 Å². The number of nitrogens with zero attached hydrogens (tertiary/aromatic N) is 3. The summed E-state index contributed by atoms with van der Waals surface area (Å²) < 4.78 is 0. The zero-order valence-electron chi connectivity index (χ0n) is 12.7. The van der Waals surface area contributed by atoms with E-state index >= 15 is 0 Å². The molecule has 2 fully saturated rings. The van der Waals surface area contributed by atoms with Crippen molar-refractivity contribution in [3.63, 3.8) is 0 Å². The molecular weight excluding hydrogens is 264 g/mol. The third-order valence-electron chi connectivity index (χ3n) is 4.99. The standard InChI is InChI=1S/C16H24N4O/c1-2-16(20-11-8-18-9-12-20)5-10-19(13-16)15(21)14-3-6-17-7-4-14/h3-4,6-7,18H,2,5,8-13H2,1H3. The molecule has 1 unspecified atom stereocenters. The van der Waals surface area contributed by atoms with E-state index in [-0.39, 0.29) is 11.4 Å². The van der Waals surface area contributed by atoms with Crippen molar-refractivity contribution in [1.29, 1.82) is 0 Å². The Morgan fingerprint density at radius 2 is 2.00 bits per heavy atom. The van der Waals surface area contributed by atoms with Gasteiger partial charge in [-0.25, -0.2) is 0 Å². The summed E-state index contributed by atoms with van der Waals surface area (Å²) in [4.78, 5) is 21.2. The van der Waals surface area contributed by atoms with Crippen LogP contribution in [0, 0.1) is 0 Å². The van der Waals surface area contributed by atoms with Gasteiger partial charge in [-0.3, -0.25) is 14.7 Å². The summed E-state index contributed by atoms with van der Waals surface area (Å²) in [6.07, 6.45) is 5.56. The molecule has 0 saturated carbocycles. The van der Waals surface area contributed by atoms with Gasteiger partial charge in [0.15, 0.2) is 0 Å². The van der Waals surface area contributed by atoms with E-state index in [1.54, 1.807) is 24.5 Å². The van der Waals surface area contributed by atoms with Gasteiger partial charge in [0, 0.05) is 62.8 Å². The smallest absolute Gasteiger partial charge is 0.254 e. The Labute approximate surface area is 126 Å². The lowest BCUT2D eigenvalue weighted by Gasteiger charge is -2.43. The van der Waals surface area contributed by atoms with Crippen molar-refractivity contribution in [2.24, 2.45) is 0 Å². The van der Waals surface area contributed by atoms with Crippen LogP contribution < -0.4 is 5.32 Å². The highest BCUT2D eigenvalue weighted by molar-refractivity contribution is 5.94. The number of hydrogen-bond donors (Lipinski definition) is 1. The molecule has 0 bridgehead atoms. The maximum absolute atomic E-state index is 12.6. The molecular formula is C16H24N4O. The predicted octanol–water partition coefficient (Wildman–Crippen LogP) is 0.982. The molecule has 114 valence electrons. The summed E-state index contributed by atoms with van der Waals surface area (Å²) in [5, 5.41) is 3.41. The molecule has 2 saturated heterocycles. The number of carbonyl (C=O) groups excluding carboxylic acids is 1. The van der Waals surface area contributed by atoms with Gasteiger partial charge in [-0.2, -0.15) is 0 Å². The fourth-order valence-corrected chi connectivity index (χ4v) is 3.62. The highest BCUT2D eigenvalue weighted by Gasteiger charge is 2.43. The number of piperazine rings is 1. The van der Waals surface area contributed by atoms with Crippen LogP contribution >= 0.6 is 0 Å². The Balaban J connectivity index is 1.72. The van der Waals surface area contributed by atoms with E-state index in [0.717, 1.165) is 57.7 Å². The number of hydrogen-bond acceptors (Lipinski definition) is 4. The maximum atomic E-state index is 12.6. The number of likely N-dealkylation sites (tertiary alicyclic amines) is 1. The minimum absolute atomic E-state index is 0.142. The second kappa shape index (κ2) is 6.12. The first-order valence-electron chi connectivity index (χ1n) is 7.90. The lowest BCUT2D eigenvalue weighted by atomic mass is 9.92. The first-order valence-corrected chi connectivity index (χ1v) is 7.90. The zero-order valence-corrected chi connectivity index (χ0v) is 12.7. The van der Waals surface area contributed by atoms with Gasteiger partial charge in [0.05, 0.1) is 0 Å². The molecule has 1 N–H and O–H groups in total. The molecule has 1 atom stereocenters. The van der Waals surface area contributed by atoms with E-state index in [1.165, 1.54) is 0 Å². The van der Waals surface area contributed by atoms with Crippen molar-refractivity contribution in [3.05, 3.63) is 30.1 Å². The Kier molecular flexibility index (Phi) is 4.22. The Bertz CT molecular complexity index is 486. The normalized spacial score (nSPS) is 27.0. The highest BCUT2D eigenvalue weighted by Crippen LogP contribution is 2.32. The summed E-state index contributed by atoms with van der Waals surface area (Å²) in [6, 6.07) is 3.61. The second-order valence-corrected chi connectivity index (χ2v) is 6.03. The molecule has 0 radical (unpaired) electrons. The van der Waals surface area contributed by atoms with Crippen LogP contribution in [0.5, 0.6) is 0 Å². The number of aromatic nitrogens is 1. The Morgan fingerprint density at radius 3 is 2.67 bits per heavy atom. The van der Waals surface area contributed by atoms with Crippen molar-refractivity contribution in [2.75, 3.05) is 39.3 Å². The quantitative estimate of drug-likeness (QED) is 0.901. The van der Waals surface area contributed by atoms with Crippen LogP contribution in [0.25, 0.3) is 0 Å². The molecule has 1 aromatic heterocycles. The largest absolute Gasteiger partial charge is 0.337 e. The molecule has 1 aromatic rings. The van der Waals surface area contributed by atoms with E-state index in [4.69, 9.17) is 0 Å². The van der Waals surface area contributed by atoms with Crippen molar-refractivity contribution in [3.8, 4) is 0 Å². The van der Waals surface area contributed by atoms with E-state index in [0.29, 0.717) is 0 Å². The zero-order chi connectivity index (χ0) is 14.7. The lowest BCUT2D eigenvalue weighted by Crippen LogP contribution is -2.57. The van der Waals surface area contributed by atoms with Crippen molar-refractivity contribution in [1.82, 2.24) is 20.1 Å². The molecule has 0 aliphatic carbocycles. The average Bonchev–Trinajstić information content (AvgIpc) is 3.02. The van der Waals surface area contributed by atoms with Crippen molar-refractivity contribution < 1.29 is 4.79 Å². The fraction of sp³-hybridized carbons (Fsp3) is 0.625. The summed E-state index contributed by atoms with van der Waals surface area (Å²) in [7, 11) is 0. The van der Waals surface area contributed by atoms with E-state index in [9.17, 15) is 4.79 Å². The topological polar surface area (TPSA) is 48.5 Å². The summed E-state index contributed by atoms with van der Waals surface area (Å²) in [6.45, 7) is 8.25. The Hall–Kier alpha value is -1.46. The SMILES string of the molecule is CCC1(N2CCNCC2)CCN(C(=O)c2ccncc2)C1. The minimum Gasteiger partial charge on any atom is -0.337 e. The monoisotopic (exact) mass is 288 g/mol. The molecule has 0 spiro atoms. The van der Waals surface area contributed by atoms with Gasteiger partial charge in [-0.15, -0.1) is 0 Å². The first kappa shape index (κ1) is 14.5. The van der Waals surface area contributed by atoms with Crippen LogP contribution in [-0.4, -0.2) is 65.5 Å². The average molecular weight is 288 g/mol. The molecule has 2 aliphatic heterocycles. The van der Waals surface area contributed by atoms with Gasteiger partial charge in [-0.1, -0.05) is 6.92 Å². The molecule has 5 nitrogen and oxygen atoms in total. The summed E-state index contributed by atoms with van der Waals surface area (Å²) in [5.41, 5.74) is 0.919. The first-order chi connectivity index (χ1) is 10.2. The van der Waals surface area contributed by atoms with Gasteiger partial charge < -0.3 is 10.2 Å². The van der Waals surface area contributed by atoms with Crippen LogP contribution in [-0.2, 0) is 0 Å². The third kappa shape index (κ3) is 2.80. The molecule has 0 aromatic carbocycles. The molecule has 5 heteroatoms. The van der Waals surface area contributed by atoms with Crippen LogP contribution in [0.2, 0.25) is 0 Å². The van der Waals surface area contributed by atoms with Gasteiger partial charge in [0.25, 0.3) is 5.91 Å². The molecule has 21 heavy (non-hydrogen) atoms. The minimum atomic E-state index is 0.142. The van der Waals surface area contributed by atoms with E-state index in [2.05, 4.69) is 22.1 Å². The number of carbonyl (C=O) groups is 1. The summed E-state index contributed by atoms with van der Waals surface area (Å²) in [5.74, 6) is 0.142. The molecule has 1 amide bonds. The number of pyridine rings is 1. The van der Waals surface area contributed by atoms with Crippen LogP contribution in [0.3, 0.4) is 0 Å². The van der Waals surface area contributed by atoms with Crippen molar-refractivity contribution >= 4 is 5.91 Å². The van der Waals surface area contributed by atoms with Gasteiger partial charge in [0.2, 0.25) is 0 Å². The Morgan fingerprint density at radius 1 is 1.29 bits per heavy atom. The molecule has 3 heterocycles. The predicted molar refractivity (Wildman–Crippen MR) is 82.2 cm³/mol. The van der Waals surface area contributed by atoms with Crippen LogP contribution in [0.15, 0.2) is 24.5 Å². The fourth-order valence-electron chi connectivity index (χ4n) is 3.62. The molecule has 3 rings (SSSR count). The lowest BCUT2D eigenvalue weighted by molar-refractivity contribution is 0.0620. The van der Waals surface area contributed by atoms with Crippen LogP contribution in [0.4, 0.5) is 0 Å². The summed E-state index contributed by atoms with van der Waals surface area (Å²) >= 11 is 0. The number of amides is 1. The van der Waals surface area contributed by atoms with Gasteiger partial charge in [-0.05, 0) is 25.0 Å². The number of nitrogens with one attached hydrogen (secondary N) is 1. The molecule has 2 aliphatic rings. The third-order valence-corrected chi connectivity index (χ3v) is 4.99.